The molecule has 1 N–H and O–H groups in total. The molecule has 0 amide bonds. The van der Waals surface area contributed by atoms with Gasteiger partial charge in [0.1, 0.15) is 9.84 Å². The SMILES string of the molecule is CCCNC(CCCS(C)(=O)=O)c1cc(C)ccc1C. The molecular weight excluding hydrogens is 270 g/mol. The molecule has 0 heterocycles. The summed E-state index contributed by atoms with van der Waals surface area (Å²) in [7, 11) is -2.87. The number of aryl methyl sites for hydroxylation is 2. The number of hydrogen-bond donors (Lipinski definition) is 1. The molecule has 0 spiro atoms. The fraction of sp³-hybridized carbons (Fsp3) is 0.625. The number of sulfone groups is 1. The first-order valence-electron chi connectivity index (χ1n) is 7.31. The molecule has 1 aromatic carbocycles. The summed E-state index contributed by atoms with van der Waals surface area (Å²) >= 11 is 0. The van der Waals surface area contributed by atoms with Crippen LogP contribution in [-0.2, 0) is 9.84 Å². The summed E-state index contributed by atoms with van der Waals surface area (Å²) in [6.45, 7) is 7.31. The van der Waals surface area contributed by atoms with Gasteiger partial charge in [-0.1, -0.05) is 30.7 Å². The fourth-order valence-electron chi connectivity index (χ4n) is 2.37. The molecule has 114 valence electrons. The molecule has 20 heavy (non-hydrogen) atoms. The third kappa shape index (κ3) is 6.06. The molecule has 1 unspecified atom stereocenters. The van der Waals surface area contributed by atoms with Gasteiger partial charge in [-0.2, -0.15) is 0 Å². The van der Waals surface area contributed by atoms with Crippen LogP contribution in [0, 0.1) is 13.8 Å². The van der Waals surface area contributed by atoms with Crippen LogP contribution < -0.4 is 5.32 Å². The van der Waals surface area contributed by atoms with Gasteiger partial charge in [-0.3, -0.25) is 0 Å². The minimum absolute atomic E-state index is 0.247. The summed E-state index contributed by atoms with van der Waals surface area (Å²) in [6.07, 6.45) is 3.94. The largest absolute Gasteiger partial charge is 0.310 e. The topological polar surface area (TPSA) is 46.2 Å². The van der Waals surface area contributed by atoms with Crippen LogP contribution in [0.15, 0.2) is 18.2 Å². The standard InChI is InChI=1S/C16H27NO2S/c1-5-10-17-16(7-6-11-20(4,18)19)15-12-13(2)8-9-14(15)3/h8-9,12,16-17H,5-7,10-11H2,1-4H3. The summed E-state index contributed by atoms with van der Waals surface area (Å²) < 4.78 is 22.5. The third-order valence-corrected chi connectivity index (χ3v) is 4.49. The molecule has 1 atom stereocenters. The second-order valence-corrected chi connectivity index (χ2v) is 7.90. The first kappa shape index (κ1) is 17.2. The van der Waals surface area contributed by atoms with Crippen LogP contribution in [0.1, 0.15) is 48.9 Å². The van der Waals surface area contributed by atoms with Gasteiger partial charge in [-0.15, -0.1) is 0 Å². The molecule has 0 saturated carbocycles. The van der Waals surface area contributed by atoms with Crippen molar-refractivity contribution in [3.63, 3.8) is 0 Å². The average Bonchev–Trinajstić information content (AvgIpc) is 2.35. The second kappa shape index (κ2) is 7.79. The maximum atomic E-state index is 11.3. The highest BCUT2D eigenvalue weighted by molar-refractivity contribution is 7.90. The van der Waals surface area contributed by atoms with Crippen molar-refractivity contribution in [2.45, 2.75) is 46.1 Å². The highest BCUT2D eigenvalue weighted by Gasteiger charge is 2.14. The number of nitrogens with one attached hydrogen (secondary N) is 1. The van der Waals surface area contributed by atoms with E-state index in [-0.39, 0.29) is 11.8 Å². The van der Waals surface area contributed by atoms with Crippen molar-refractivity contribution in [2.24, 2.45) is 0 Å². The highest BCUT2D eigenvalue weighted by atomic mass is 32.2. The Morgan fingerprint density at radius 3 is 2.55 bits per heavy atom. The molecule has 0 fully saturated rings. The van der Waals surface area contributed by atoms with Gasteiger partial charge in [0.25, 0.3) is 0 Å². The normalized spacial score (nSPS) is 13.4. The van der Waals surface area contributed by atoms with Crippen molar-refractivity contribution in [2.75, 3.05) is 18.6 Å². The summed E-state index contributed by atoms with van der Waals surface area (Å²) in [5, 5.41) is 3.55. The molecule has 1 aromatic rings. The Kier molecular flexibility index (Phi) is 6.69. The Balaban J connectivity index is 2.80. The predicted molar refractivity (Wildman–Crippen MR) is 85.9 cm³/mol. The van der Waals surface area contributed by atoms with Crippen LogP contribution in [0.2, 0.25) is 0 Å². The van der Waals surface area contributed by atoms with E-state index in [1.165, 1.54) is 22.9 Å². The van der Waals surface area contributed by atoms with Gasteiger partial charge in [0, 0.05) is 18.1 Å². The van der Waals surface area contributed by atoms with Crippen LogP contribution in [0.5, 0.6) is 0 Å². The Morgan fingerprint density at radius 1 is 1.25 bits per heavy atom. The zero-order valence-corrected chi connectivity index (χ0v) is 13.9. The smallest absolute Gasteiger partial charge is 0.147 e. The zero-order valence-electron chi connectivity index (χ0n) is 13.1. The van der Waals surface area contributed by atoms with E-state index in [9.17, 15) is 8.42 Å². The van der Waals surface area contributed by atoms with E-state index in [0.29, 0.717) is 6.42 Å². The van der Waals surface area contributed by atoms with E-state index in [0.717, 1.165) is 19.4 Å². The number of hydrogen-bond acceptors (Lipinski definition) is 3. The summed E-state index contributed by atoms with van der Waals surface area (Å²) in [4.78, 5) is 0. The molecular formula is C16H27NO2S. The quantitative estimate of drug-likeness (QED) is 0.801. The van der Waals surface area contributed by atoms with Gasteiger partial charge in [0.15, 0.2) is 0 Å². The molecule has 0 radical (unpaired) electrons. The van der Waals surface area contributed by atoms with Crippen LogP contribution in [0.25, 0.3) is 0 Å². The lowest BCUT2D eigenvalue weighted by molar-refractivity contribution is 0.490. The fourth-order valence-corrected chi connectivity index (χ4v) is 3.06. The molecule has 1 rings (SSSR count). The van der Waals surface area contributed by atoms with Gasteiger partial charge >= 0.3 is 0 Å². The molecule has 0 aromatic heterocycles. The lowest BCUT2D eigenvalue weighted by atomic mass is 9.96. The van der Waals surface area contributed by atoms with Crippen LogP contribution in [-0.4, -0.2) is 27.0 Å². The second-order valence-electron chi connectivity index (χ2n) is 5.64. The van der Waals surface area contributed by atoms with Gasteiger partial charge in [0.2, 0.25) is 0 Å². The molecule has 0 aliphatic rings. The van der Waals surface area contributed by atoms with Crippen molar-refractivity contribution >= 4 is 9.84 Å². The van der Waals surface area contributed by atoms with E-state index in [1.807, 2.05) is 0 Å². The maximum absolute atomic E-state index is 11.3. The Labute approximate surface area is 123 Å². The van der Waals surface area contributed by atoms with Crippen molar-refractivity contribution in [3.8, 4) is 0 Å². The minimum Gasteiger partial charge on any atom is -0.310 e. The number of rotatable bonds is 8. The van der Waals surface area contributed by atoms with Crippen molar-refractivity contribution in [1.29, 1.82) is 0 Å². The molecule has 4 heteroatoms. The van der Waals surface area contributed by atoms with Gasteiger partial charge in [-0.25, -0.2) is 8.42 Å². The highest BCUT2D eigenvalue weighted by Crippen LogP contribution is 2.23. The first-order chi connectivity index (χ1) is 9.33. The van der Waals surface area contributed by atoms with Gasteiger partial charge < -0.3 is 5.32 Å². The average molecular weight is 297 g/mol. The minimum atomic E-state index is -2.87. The summed E-state index contributed by atoms with van der Waals surface area (Å²) in [6, 6.07) is 6.72. The predicted octanol–water partition coefficient (Wildman–Crippen LogP) is 3.17. The van der Waals surface area contributed by atoms with Gasteiger partial charge in [0.05, 0.1) is 0 Å². The third-order valence-electron chi connectivity index (χ3n) is 3.46. The van der Waals surface area contributed by atoms with Gasteiger partial charge in [-0.05, 0) is 50.8 Å². The zero-order chi connectivity index (χ0) is 15.2. The van der Waals surface area contributed by atoms with Crippen molar-refractivity contribution < 1.29 is 8.42 Å². The summed E-state index contributed by atoms with van der Waals surface area (Å²) in [5.41, 5.74) is 3.81. The van der Waals surface area contributed by atoms with E-state index < -0.39 is 9.84 Å². The van der Waals surface area contributed by atoms with E-state index in [2.05, 4.69) is 44.3 Å². The van der Waals surface area contributed by atoms with Crippen LogP contribution in [0.3, 0.4) is 0 Å². The van der Waals surface area contributed by atoms with E-state index in [4.69, 9.17) is 0 Å². The maximum Gasteiger partial charge on any atom is 0.147 e. The Hall–Kier alpha value is -0.870. The van der Waals surface area contributed by atoms with Crippen LogP contribution >= 0.6 is 0 Å². The molecule has 0 aliphatic carbocycles. The molecule has 0 saturated heterocycles. The monoisotopic (exact) mass is 297 g/mol. The molecule has 0 aliphatic heterocycles. The van der Waals surface area contributed by atoms with Crippen LogP contribution in [0.4, 0.5) is 0 Å². The molecule has 3 nitrogen and oxygen atoms in total. The molecule has 0 bridgehead atoms. The summed E-state index contributed by atoms with van der Waals surface area (Å²) in [5.74, 6) is 0.266. The number of benzene rings is 1. The first-order valence-corrected chi connectivity index (χ1v) is 9.38. The lowest BCUT2D eigenvalue weighted by Gasteiger charge is -2.21. The van der Waals surface area contributed by atoms with Crippen molar-refractivity contribution in [3.05, 3.63) is 34.9 Å². The Bertz CT molecular complexity index is 523. The van der Waals surface area contributed by atoms with E-state index in [1.54, 1.807) is 0 Å². The van der Waals surface area contributed by atoms with Crippen molar-refractivity contribution in [1.82, 2.24) is 5.32 Å². The lowest BCUT2D eigenvalue weighted by Crippen LogP contribution is -2.23. The van der Waals surface area contributed by atoms with E-state index >= 15 is 0 Å². The Morgan fingerprint density at radius 2 is 1.95 bits per heavy atom.